The number of anilines is 2. The standard InChI is InChI=1S/C11H10N2O/c14-11-6-2-1-5-10(11)13-9-4-3-7-12-8-9/h1-8,13-14H. The van der Waals surface area contributed by atoms with Gasteiger partial charge in [0, 0.05) is 6.20 Å². The number of aromatic hydroxyl groups is 1. The van der Waals surface area contributed by atoms with Crippen molar-refractivity contribution in [2.45, 2.75) is 0 Å². The summed E-state index contributed by atoms with van der Waals surface area (Å²) in [6, 6.07) is 10.8. The van der Waals surface area contributed by atoms with Crippen molar-refractivity contribution in [1.82, 2.24) is 4.98 Å². The number of para-hydroxylation sites is 2. The van der Waals surface area contributed by atoms with E-state index < -0.39 is 0 Å². The smallest absolute Gasteiger partial charge is 0.139 e. The zero-order valence-corrected chi connectivity index (χ0v) is 7.51. The fourth-order valence-corrected chi connectivity index (χ4v) is 1.17. The first-order valence-corrected chi connectivity index (χ1v) is 4.31. The third-order valence-electron chi connectivity index (χ3n) is 1.84. The molecule has 1 heterocycles. The van der Waals surface area contributed by atoms with Crippen molar-refractivity contribution in [3.05, 3.63) is 48.8 Å². The highest BCUT2D eigenvalue weighted by Crippen LogP contribution is 2.24. The van der Waals surface area contributed by atoms with Crippen LogP contribution in [0.2, 0.25) is 0 Å². The second kappa shape index (κ2) is 3.79. The molecule has 1 aromatic carbocycles. The normalized spacial score (nSPS) is 9.71. The Balaban J connectivity index is 2.24. The first-order valence-electron chi connectivity index (χ1n) is 4.31. The predicted molar refractivity (Wildman–Crippen MR) is 55.6 cm³/mol. The Morgan fingerprint density at radius 3 is 2.64 bits per heavy atom. The minimum Gasteiger partial charge on any atom is -0.506 e. The summed E-state index contributed by atoms with van der Waals surface area (Å²) >= 11 is 0. The second-order valence-electron chi connectivity index (χ2n) is 2.88. The maximum atomic E-state index is 9.49. The van der Waals surface area contributed by atoms with Gasteiger partial charge in [-0.1, -0.05) is 12.1 Å². The molecule has 1 aromatic heterocycles. The van der Waals surface area contributed by atoms with Gasteiger partial charge in [-0.25, -0.2) is 0 Å². The van der Waals surface area contributed by atoms with Gasteiger partial charge in [0.15, 0.2) is 0 Å². The highest BCUT2D eigenvalue weighted by Gasteiger charge is 1.98. The molecule has 0 fully saturated rings. The van der Waals surface area contributed by atoms with Crippen LogP contribution in [0.25, 0.3) is 0 Å². The zero-order chi connectivity index (χ0) is 9.80. The first-order chi connectivity index (χ1) is 6.86. The van der Waals surface area contributed by atoms with E-state index in [0.717, 1.165) is 5.69 Å². The van der Waals surface area contributed by atoms with E-state index in [0.29, 0.717) is 5.69 Å². The second-order valence-corrected chi connectivity index (χ2v) is 2.88. The summed E-state index contributed by atoms with van der Waals surface area (Å²) in [4.78, 5) is 3.97. The van der Waals surface area contributed by atoms with E-state index >= 15 is 0 Å². The molecule has 2 N–H and O–H groups in total. The summed E-state index contributed by atoms with van der Waals surface area (Å²) in [5.74, 6) is 0.233. The van der Waals surface area contributed by atoms with Crippen molar-refractivity contribution in [2.75, 3.05) is 5.32 Å². The molecular formula is C11H10N2O. The lowest BCUT2D eigenvalue weighted by Crippen LogP contribution is -1.90. The molecule has 0 aliphatic rings. The Bertz CT molecular complexity index is 415. The minimum atomic E-state index is 0.233. The van der Waals surface area contributed by atoms with Crippen LogP contribution < -0.4 is 5.32 Å². The summed E-state index contributed by atoms with van der Waals surface area (Å²) in [6.45, 7) is 0. The van der Waals surface area contributed by atoms with Crippen molar-refractivity contribution < 1.29 is 5.11 Å². The lowest BCUT2D eigenvalue weighted by atomic mass is 10.3. The average molecular weight is 186 g/mol. The quantitative estimate of drug-likeness (QED) is 0.708. The van der Waals surface area contributed by atoms with Gasteiger partial charge in [0.2, 0.25) is 0 Å². The van der Waals surface area contributed by atoms with Crippen LogP contribution in [0.4, 0.5) is 11.4 Å². The molecule has 3 nitrogen and oxygen atoms in total. The molecule has 0 atom stereocenters. The van der Waals surface area contributed by atoms with Gasteiger partial charge in [-0.05, 0) is 24.3 Å². The van der Waals surface area contributed by atoms with Crippen LogP contribution in [-0.4, -0.2) is 10.1 Å². The van der Waals surface area contributed by atoms with E-state index in [1.54, 1.807) is 24.5 Å². The number of phenolic OH excluding ortho intramolecular Hbond substituents is 1. The molecule has 70 valence electrons. The molecule has 0 aliphatic heterocycles. The molecule has 0 bridgehead atoms. The fourth-order valence-electron chi connectivity index (χ4n) is 1.17. The number of nitrogens with zero attached hydrogens (tertiary/aromatic N) is 1. The van der Waals surface area contributed by atoms with Crippen molar-refractivity contribution >= 4 is 11.4 Å². The molecule has 0 unspecified atom stereocenters. The molecule has 2 rings (SSSR count). The SMILES string of the molecule is Oc1ccccc1Nc1cccnc1. The molecule has 0 saturated carbocycles. The molecule has 2 aromatic rings. The highest BCUT2D eigenvalue weighted by molar-refractivity contribution is 5.64. The van der Waals surface area contributed by atoms with E-state index in [1.807, 2.05) is 24.3 Å². The Kier molecular flexibility index (Phi) is 2.32. The summed E-state index contributed by atoms with van der Waals surface area (Å²) in [6.07, 6.45) is 3.41. The number of rotatable bonds is 2. The third kappa shape index (κ3) is 1.82. The van der Waals surface area contributed by atoms with Crippen molar-refractivity contribution in [2.24, 2.45) is 0 Å². The van der Waals surface area contributed by atoms with Crippen LogP contribution in [0.3, 0.4) is 0 Å². The number of nitrogens with one attached hydrogen (secondary N) is 1. The van der Waals surface area contributed by atoms with Gasteiger partial charge in [-0.2, -0.15) is 0 Å². The maximum Gasteiger partial charge on any atom is 0.139 e. The van der Waals surface area contributed by atoms with Crippen LogP contribution in [0.5, 0.6) is 5.75 Å². The van der Waals surface area contributed by atoms with Gasteiger partial charge >= 0.3 is 0 Å². The number of phenols is 1. The highest BCUT2D eigenvalue weighted by atomic mass is 16.3. The van der Waals surface area contributed by atoms with Crippen molar-refractivity contribution in [1.29, 1.82) is 0 Å². The lowest BCUT2D eigenvalue weighted by molar-refractivity contribution is 0.478. The van der Waals surface area contributed by atoms with Gasteiger partial charge in [-0.15, -0.1) is 0 Å². The monoisotopic (exact) mass is 186 g/mol. The predicted octanol–water partition coefficient (Wildman–Crippen LogP) is 2.53. The third-order valence-corrected chi connectivity index (χ3v) is 1.84. The number of hydrogen-bond acceptors (Lipinski definition) is 3. The Labute approximate surface area is 82.1 Å². The molecule has 0 aliphatic carbocycles. The van der Waals surface area contributed by atoms with Crippen LogP contribution in [0, 0.1) is 0 Å². The largest absolute Gasteiger partial charge is 0.506 e. The molecule has 0 radical (unpaired) electrons. The van der Waals surface area contributed by atoms with E-state index in [9.17, 15) is 5.11 Å². The van der Waals surface area contributed by atoms with Crippen molar-refractivity contribution in [3.8, 4) is 5.75 Å². The van der Waals surface area contributed by atoms with E-state index in [4.69, 9.17) is 0 Å². The number of pyridine rings is 1. The van der Waals surface area contributed by atoms with Gasteiger partial charge in [0.25, 0.3) is 0 Å². The molecule has 0 saturated heterocycles. The van der Waals surface area contributed by atoms with Crippen LogP contribution >= 0.6 is 0 Å². The maximum absolute atomic E-state index is 9.49. The van der Waals surface area contributed by atoms with Gasteiger partial charge < -0.3 is 10.4 Å². The summed E-state index contributed by atoms with van der Waals surface area (Å²) in [5.41, 5.74) is 1.54. The van der Waals surface area contributed by atoms with Gasteiger partial charge in [0.05, 0.1) is 17.6 Å². The van der Waals surface area contributed by atoms with Crippen LogP contribution in [-0.2, 0) is 0 Å². The average Bonchev–Trinajstić information content (AvgIpc) is 2.23. The summed E-state index contributed by atoms with van der Waals surface area (Å²) in [7, 11) is 0. The Morgan fingerprint density at radius 1 is 1.07 bits per heavy atom. The summed E-state index contributed by atoms with van der Waals surface area (Å²) < 4.78 is 0. The molecule has 0 amide bonds. The Hall–Kier alpha value is -2.03. The van der Waals surface area contributed by atoms with Crippen LogP contribution in [0.1, 0.15) is 0 Å². The summed E-state index contributed by atoms with van der Waals surface area (Å²) in [5, 5.41) is 12.5. The number of hydrogen-bond donors (Lipinski definition) is 2. The van der Waals surface area contributed by atoms with E-state index in [2.05, 4.69) is 10.3 Å². The Morgan fingerprint density at radius 2 is 1.93 bits per heavy atom. The first kappa shape index (κ1) is 8.56. The fraction of sp³-hybridized carbons (Fsp3) is 0. The number of benzene rings is 1. The van der Waals surface area contributed by atoms with Crippen LogP contribution in [0.15, 0.2) is 48.8 Å². The van der Waals surface area contributed by atoms with Crippen molar-refractivity contribution in [3.63, 3.8) is 0 Å². The van der Waals surface area contributed by atoms with Gasteiger partial charge in [-0.3, -0.25) is 4.98 Å². The topological polar surface area (TPSA) is 45.1 Å². The molecular weight excluding hydrogens is 176 g/mol. The van der Waals surface area contributed by atoms with E-state index in [-0.39, 0.29) is 5.75 Å². The zero-order valence-electron chi connectivity index (χ0n) is 7.51. The molecule has 3 heteroatoms. The lowest BCUT2D eigenvalue weighted by Gasteiger charge is -2.06. The minimum absolute atomic E-state index is 0.233. The molecule has 14 heavy (non-hydrogen) atoms. The number of aromatic nitrogens is 1. The van der Waals surface area contributed by atoms with E-state index in [1.165, 1.54) is 0 Å². The van der Waals surface area contributed by atoms with Gasteiger partial charge in [0.1, 0.15) is 5.75 Å². The molecule has 0 spiro atoms.